The number of ether oxygens (including phenoxy) is 1. The second-order valence-electron chi connectivity index (χ2n) is 9.61. The predicted molar refractivity (Wildman–Crippen MR) is 117 cm³/mol. The molecule has 2 aromatic rings. The first kappa shape index (κ1) is 18.3. The average molecular weight is 375 g/mol. The summed E-state index contributed by atoms with van der Waals surface area (Å²) >= 11 is 0. The van der Waals surface area contributed by atoms with E-state index in [0.717, 1.165) is 5.75 Å². The number of benzene rings is 2. The third-order valence-electron chi connectivity index (χ3n) is 7.73. The van der Waals surface area contributed by atoms with Crippen molar-refractivity contribution in [1.82, 2.24) is 0 Å². The van der Waals surface area contributed by atoms with E-state index >= 15 is 0 Å². The number of hydrogen-bond donors (Lipinski definition) is 0. The molecular formula is C27H34O. The fourth-order valence-electron chi connectivity index (χ4n) is 6.39. The molecule has 2 saturated carbocycles. The zero-order valence-electron chi connectivity index (χ0n) is 17.6. The molecule has 0 N–H and O–H groups in total. The highest BCUT2D eigenvalue weighted by atomic mass is 16.5. The highest BCUT2D eigenvalue weighted by Crippen LogP contribution is 2.57. The Kier molecular flexibility index (Phi) is 4.73. The van der Waals surface area contributed by atoms with Crippen LogP contribution in [0.5, 0.6) is 5.75 Å². The standard InChI is InChI=1S/C27H34O/c1-19-13-15-23-24-16-14-20(2)18-26(24)28-27(25(23)17-19,21-9-5-3-6-10-21)22-11-7-4-8-12-22/h13-18,21-22H,3-12H2,1-2H3. The summed E-state index contributed by atoms with van der Waals surface area (Å²) in [5, 5.41) is 0. The van der Waals surface area contributed by atoms with E-state index in [-0.39, 0.29) is 5.60 Å². The first-order chi connectivity index (χ1) is 13.7. The van der Waals surface area contributed by atoms with E-state index in [9.17, 15) is 0 Å². The van der Waals surface area contributed by atoms with Crippen molar-refractivity contribution in [2.45, 2.75) is 83.7 Å². The van der Waals surface area contributed by atoms with Gasteiger partial charge in [-0.2, -0.15) is 0 Å². The normalized spacial score (nSPS) is 22.2. The van der Waals surface area contributed by atoms with Crippen molar-refractivity contribution in [2.24, 2.45) is 11.8 Å². The van der Waals surface area contributed by atoms with Crippen LogP contribution in [0, 0.1) is 25.7 Å². The summed E-state index contributed by atoms with van der Waals surface area (Å²) in [4.78, 5) is 0. The van der Waals surface area contributed by atoms with Gasteiger partial charge in [0.25, 0.3) is 0 Å². The van der Waals surface area contributed by atoms with Crippen LogP contribution >= 0.6 is 0 Å². The molecule has 28 heavy (non-hydrogen) atoms. The fourth-order valence-corrected chi connectivity index (χ4v) is 6.39. The lowest BCUT2D eigenvalue weighted by Gasteiger charge is -2.52. The van der Waals surface area contributed by atoms with Gasteiger partial charge in [-0.15, -0.1) is 0 Å². The van der Waals surface area contributed by atoms with Crippen molar-refractivity contribution in [3.05, 3.63) is 53.1 Å². The molecule has 5 rings (SSSR count). The number of rotatable bonds is 2. The van der Waals surface area contributed by atoms with Crippen molar-refractivity contribution in [2.75, 3.05) is 0 Å². The highest BCUT2D eigenvalue weighted by Gasteiger charge is 2.52. The Morgan fingerprint density at radius 2 is 1.21 bits per heavy atom. The van der Waals surface area contributed by atoms with E-state index < -0.39 is 0 Å². The van der Waals surface area contributed by atoms with Crippen LogP contribution < -0.4 is 4.74 Å². The van der Waals surface area contributed by atoms with E-state index in [2.05, 4.69) is 50.2 Å². The molecule has 1 heteroatoms. The van der Waals surface area contributed by atoms with Crippen molar-refractivity contribution in [3.63, 3.8) is 0 Å². The summed E-state index contributed by atoms with van der Waals surface area (Å²) in [6.07, 6.45) is 13.6. The average Bonchev–Trinajstić information content (AvgIpc) is 2.74. The molecule has 148 valence electrons. The maximum Gasteiger partial charge on any atom is 0.140 e. The first-order valence-electron chi connectivity index (χ1n) is 11.6. The van der Waals surface area contributed by atoms with Crippen molar-refractivity contribution in [3.8, 4) is 16.9 Å². The zero-order chi connectivity index (χ0) is 19.1. The Labute approximate surface area is 170 Å². The van der Waals surface area contributed by atoms with Crippen LogP contribution in [0.3, 0.4) is 0 Å². The van der Waals surface area contributed by atoms with Crippen LogP contribution in [0.25, 0.3) is 11.1 Å². The maximum absolute atomic E-state index is 7.26. The molecule has 2 fully saturated rings. The van der Waals surface area contributed by atoms with E-state index in [4.69, 9.17) is 4.74 Å². The zero-order valence-corrected chi connectivity index (χ0v) is 17.6. The van der Waals surface area contributed by atoms with Crippen molar-refractivity contribution < 1.29 is 4.74 Å². The lowest BCUT2D eigenvalue weighted by atomic mass is 9.61. The van der Waals surface area contributed by atoms with E-state index in [1.165, 1.54) is 92.0 Å². The van der Waals surface area contributed by atoms with Gasteiger partial charge in [-0.3, -0.25) is 0 Å². The molecule has 0 amide bonds. The van der Waals surface area contributed by atoms with Crippen LogP contribution in [-0.4, -0.2) is 0 Å². The SMILES string of the molecule is Cc1ccc2c(c1)OC(C1CCCCC1)(C1CCCCC1)c1cc(C)ccc1-2. The van der Waals surface area contributed by atoms with Crippen LogP contribution in [0.4, 0.5) is 0 Å². The molecule has 0 unspecified atom stereocenters. The van der Waals surface area contributed by atoms with Gasteiger partial charge in [0, 0.05) is 23.0 Å². The predicted octanol–water partition coefficient (Wildman–Crippen LogP) is 7.72. The molecule has 0 saturated heterocycles. The van der Waals surface area contributed by atoms with Crippen LogP contribution in [-0.2, 0) is 5.60 Å². The maximum atomic E-state index is 7.26. The van der Waals surface area contributed by atoms with Gasteiger partial charge in [0.15, 0.2) is 0 Å². The fraction of sp³-hybridized carbons (Fsp3) is 0.556. The minimum atomic E-state index is -0.122. The molecule has 2 aromatic carbocycles. The summed E-state index contributed by atoms with van der Waals surface area (Å²) in [7, 11) is 0. The number of aryl methyl sites for hydroxylation is 2. The monoisotopic (exact) mass is 374 g/mol. The van der Waals surface area contributed by atoms with Gasteiger partial charge in [0.05, 0.1) is 0 Å². The van der Waals surface area contributed by atoms with E-state index in [0.29, 0.717) is 11.8 Å². The Hall–Kier alpha value is -1.76. The van der Waals surface area contributed by atoms with Gasteiger partial charge in [-0.1, -0.05) is 74.4 Å². The van der Waals surface area contributed by atoms with E-state index in [1.54, 1.807) is 0 Å². The Balaban J connectivity index is 1.74. The molecule has 1 heterocycles. The number of fused-ring (bicyclic) bond motifs is 3. The molecule has 1 aliphatic heterocycles. The Morgan fingerprint density at radius 3 is 1.82 bits per heavy atom. The molecule has 0 atom stereocenters. The topological polar surface area (TPSA) is 9.23 Å². The second kappa shape index (κ2) is 7.25. The molecule has 0 spiro atoms. The smallest absolute Gasteiger partial charge is 0.140 e. The van der Waals surface area contributed by atoms with Gasteiger partial charge < -0.3 is 4.74 Å². The van der Waals surface area contributed by atoms with E-state index in [1.807, 2.05) is 0 Å². The highest BCUT2D eigenvalue weighted by molar-refractivity contribution is 5.77. The van der Waals surface area contributed by atoms with Crippen molar-refractivity contribution >= 4 is 0 Å². The molecule has 0 radical (unpaired) electrons. The number of hydrogen-bond acceptors (Lipinski definition) is 1. The quantitative estimate of drug-likeness (QED) is 0.523. The molecule has 0 aromatic heterocycles. The molecule has 3 aliphatic rings. The summed E-state index contributed by atoms with van der Waals surface area (Å²) in [5.74, 6) is 2.43. The van der Waals surface area contributed by atoms with Gasteiger partial charge in [0.2, 0.25) is 0 Å². The van der Waals surface area contributed by atoms with Gasteiger partial charge >= 0.3 is 0 Å². The van der Waals surface area contributed by atoms with Gasteiger partial charge in [-0.05, 0) is 56.7 Å². The molecule has 0 bridgehead atoms. The van der Waals surface area contributed by atoms with Crippen LogP contribution in [0.15, 0.2) is 36.4 Å². The third-order valence-corrected chi connectivity index (χ3v) is 7.73. The lowest BCUT2D eigenvalue weighted by Crippen LogP contribution is -2.50. The molecule has 2 aliphatic carbocycles. The first-order valence-corrected chi connectivity index (χ1v) is 11.6. The summed E-state index contributed by atoms with van der Waals surface area (Å²) in [6, 6.07) is 14.0. The summed E-state index contributed by atoms with van der Waals surface area (Å²) < 4.78 is 7.26. The molecular weight excluding hydrogens is 340 g/mol. The minimum Gasteiger partial charge on any atom is -0.481 e. The molecule has 1 nitrogen and oxygen atoms in total. The van der Waals surface area contributed by atoms with Crippen LogP contribution in [0.1, 0.15) is 80.9 Å². The van der Waals surface area contributed by atoms with Crippen molar-refractivity contribution in [1.29, 1.82) is 0 Å². The largest absolute Gasteiger partial charge is 0.481 e. The second-order valence-corrected chi connectivity index (χ2v) is 9.61. The van der Waals surface area contributed by atoms with Gasteiger partial charge in [-0.25, -0.2) is 0 Å². The summed E-state index contributed by atoms with van der Waals surface area (Å²) in [6.45, 7) is 4.44. The lowest BCUT2D eigenvalue weighted by molar-refractivity contribution is -0.0779. The summed E-state index contributed by atoms with van der Waals surface area (Å²) in [5.41, 5.74) is 6.78. The van der Waals surface area contributed by atoms with Crippen LogP contribution in [0.2, 0.25) is 0 Å². The third kappa shape index (κ3) is 2.90. The Morgan fingerprint density at radius 1 is 0.679 bits per heavy atom. The minimum absolute atomic E-state index is 0.122. The van der Waals surface area contributed by atoms with Gasteiger partial charge in [0.1, 0.15) is 11.4 Å². The Bertz CT molecular complexity index is 835.